The van der Waals surface area contributed by atoms with Gasteiger partial charge in [-0.25, -0.2) is 9.66 Å². The van der Waals surface area contributed by atoms with Gasteiger partial charge in [0.05, 0.1) is 11.4 Å². The molecule has 14 heavy (non-hydrogen) atoms. The summed E-state index contributed by atoms with van der Waals surface area (Å²) in [6.07, 6.45) is 8.38. The summed E-state index contributed by atoms with van der Waals surface area (Å²) in [5, 5.41) is 4.36. The molecule has 1 aliphatic rings. The highest BCUT2D eigenvalue weighted by atomic mass is 15.4. The summed E-state index contributed by atoms with van der Waals surface area (Å²) >= 11 is 0. The maximum absolute atomic E-state index is 4.45. The molecule has 0 radical (unpaired) electrons. The number of imidazole rings is 1. The topological polar surface area (TPSA) is 30.2 Å². The molecule has 0 spiro atoms. The van der Waals surface area contributed by atoms with Gasteiger partial charge in [-0.1, -0.05) is 13.8 Å². The van der Waals surface area contributed by atoms with Crippen molar-refractivity contribution in [3.8, 4) is 0 Å². The fourth-order valence-corrected chi connectivity index (χ4v) is 1.69. The molecule has 0 saturated heterocycles. The normalized spacial score (nSPS) is 16.7. The molecule has 0 aromatic carbocycles. The van der Waals surface area contributed by atoms with Gasteiger partial charge in [-0.3, -0.25) is 0 Å². The van der Waals surface area contributed by atoms with E-state index in [1.165, 1.54) is 24.2 Å². The molecular weight excluding hydrogens is 174 g/mol. The van der Waals surface area contributed by atoms with Gasteiger partial charge < -0.3 is 0 Å². The Labute approximate surface area is 84.8 Å². The van der Waals surface area contributed by atoms with Crippen molar-refractivity contribution in [1.29, 1.82) is 0 Å². The third kappa shape index (κ3) is 1.72. The molecule has 0 N–H and O–H groups in total. The average Bonchev–Trinajstić information content (AvgIpc) is 2.96. The van der Waals surface area contributed by atoms with Crippen LogP contribution in [0.25, 0.3) is 0 Å². The van der Waals surface area contributed by atoms with Crippen molar-refractivity contribution in [3.05, 3.63) is 17.7 Å². The Bertz CT molecular complexity index is 334. The first-order valence-corrected chi connectivity index (χ1v) is 5.45. The molecule has 0 bridgehead atoms. The molecule has 0 unspecified atom stereocenters. The lowest BCUT2D eigenvalue weighted by Crippen LogP contribution is -1.96. The first-order valence-electron chi connectivity index (χ1n) is 5.45. The van der Waals surface area contributed by atoms with E-state index in [0.29, 0.717) is 0 Å². The summed E-state index contributed by atoms with van der Waals surface area (Å²) in [7, 11) is 0. The molecule has 1 fully saturated rings. The largest absolute Gasteiger partial charge is 0.239 e. The highest BCUT2D eigenvalue weighted by molar-refractivity contribution is 5.56. The Kier molecular flexibility index (Phi) is 2.66. The molecule has 1 aliphatic carbocycles. The lowest BCUT2D eigenvalue weighted by atomic mass is 10.2. The van der Waals surface area contributed by atoms with Crippen LogP contribution in [0.15, 0.2) is 11.4 Å². The van der Waals surface area contributed by atoms with Crippen LogP contribution in [0.2, 0.25) is 0 Å². The number of hydrogen-bond donors (Lipinski definition) is 0. The van der Waals surface area contributed by atoms with Crippen molar-refractivity contribution in [2.75, 3.05) is 0 Å². The van der Waals surface area contributed by atoms with Crippen LogP contribution in [0, 0.1) is 0 Å². The zero-order valence-corrected chi connectivity index (χ0v) is 8.90. The van der Waals surface area contributed by atoms with Crippen molar-refractivity contribution in [1.82, 2.24) is 9.66 Å². The molecule has 3 heteroatoms. The Hall–Kier alpha value is -1.12. The van der Waals surface area contributed by atoms with Crippen LogP contribution in [-0.2, 0) is 6.42 Å². The van der Waals surface area contributed by atoms with Gasteiger partial charge in [0.25, 0.3) is 0 Å². The Morgan fingerprint density at radius 3 is 2.93 bits per heavy atom. The molecule has 0 amide bonds. The molecule has 1 aromatic rings. The fourth-order valence-electron chi connectivity index (χ4n) is 1.69. The molecular formula is C11H17N3. The molecule has 0 aliphatic heterocycles. The van der Waals surface area contributed by atoms with E-state index in [2.05, 4.69) is 23.9 Å². The van der Waals surface area contributed by atoms with Gasteiger partial charge in [-0.15, -0.1) is 0 Å². The second kappa shape index (κ2) is 3.95. The van der Waals surface area contributed by atoms with Crippen molar-refractivity contribution in [3.63, 3.8) is 0 Å². The Morgan fingerprint density at radius 2 is 2.36 bits per heavy atom. The van der Waals surface area contributed by atoms with Gasteiger partial charge in [0.2, 0.25) is 0 Å². The molecule has 0 atom stereocenters. The van der Waals surface area contributed by atoms with Gasteiger partial charge in [0, 0.05) is 12.1 Å². The van der Waals surface area contributed by atoms with E-state index in [9.17, 15) is 0 Å². The van der Waals surface area contributed by atoms with Crippen LogP contribution in [0.1, 0.15) is 50.4 Å². The van der Waals surface area contributed by atoms with E-state index in [0.717, 1.165) is 18.8 Å². The monoisotopic (exact) mass is 191 g/mol. The quantitative estimate of drug-likeness (QED) is 0.673. The second-order valence-corrected chi connectivity index (χ2v) is 3.76. The zero-order valence-electron chi connectivity index (χ0n) is 8.90. The first-order chi connectivity index (χ1) is 6.86. The van der Waals surface area contributed by atoms with Crippen LogP contribution in [0.5, 0.6) is 0 Å². The predicted molar refractivity (Wildman–Crippen MR) is 57.8 cm³/mol. The molecule has 1 saturated carbocycles. The molecule has 1 aromatic heterocycles. The number of rotatable bonds is 4. The number of hydrogen-bond acceptors (Lipinski definition) is 2. The van der Waals surface area contributed by atoms with Gasteiger partial charge >= 0.3 is 0 Å². The van der Waals surface area contributed by atoms with Crippen LogP contribution in [0.3, 0.4) is 0 Å². The van der Waals surface area contributed by atoms with Crippen LogP contribution >= 0.6 is 0 Å². The van der Waals surface area contributed by atoms with Crippen molar-refractivity contribution < 1.29 is 0 Å². The lowest BCUT2D eigenvalue weighted by Gasteiger charge is -2.00. The highest BCUT2D eigenvalue weighted by Crippen LogP contribution is 2.40. The van der Waals surface area contributed by atoms with Gasteiger partial charge in [0.1, 0.15) is 6.33 Å². The summed E-state index contributed by atoms with van der Waals surface area (Å²) in [5.41, 5.74) is 2.57. The van der Waals surface area contributed by atoms with Gasteiger partial charge in [-0.2, -0.15) is 5.10 Å². The standard InChI is InChI=1S/C11H17N3/c1-3-7-13-14-8-12-11(9-5-6-9)10(14)4-2/h7-9H,3-6H2,1-2H3/b13-7-. The van der Waals surface area contributed by atoms with Crippen LogP contribution < -0.4 is 0 Å². The van der Waals surface area contributed by atoms with E-state index in [1.54, 1.807) is 0 Å². The third-order valence-corrected chi connectivity index (χ3v) is 2.57. The maximum Gasteiger partial charge on any atom is 0.117 e. The van der Waals surface area contributed by atoms with Crippen LogP contribution in [0.4, 0.5) is 0 Å². The van der Waals surface area contributed by atoms with E-state index in [-0.39, 0.29) is 0 Å². The summed E-state index contributed by atoms with van der Waals surface area (Å²) in [6.45, 7) is 4.26. The minimum atomic E-state index is 0.725. The van der Waals surface area contributed by atoms with Gasteiger partial charge in [0.15, 0.2) is 0 Å². The smallest absolute Gasteiger partial charge is 0.117 e. The summed E-state index contributed by atoms with van der Waals surface area (Å²) in [4.78, 5) is 4.45. The third-order valence-electron chi connectivity index (χ3n) is 2.57. The summed E-state index contributed by atoms with van der Waals surface area (Å²) in [6, 6.07) is 0. The SMILES string of the molecule is CC/C=N\n1cnc(C2CC2)c1CC. The van der Waals surface area contributed by atoms with Crippen molar-refractivity contribution in [2.45, 2.75) is 45.4 Å². The Balaban J connectivity index is 2.26. The van der Waals surface area contributed by atoms with Crippen LogP contribution in [-0.4, -0.2) is 15.9 Å². The van der Waals surface area contributed by atoms with E-state index in [4.69, 9.17) is 0 Å². The van der Waals surface area contributed by atoms with Gasteiger partial charge in [-0.05, 0) is 25.7 Å². The zero-order chi connectivity index (χ0) is 9.97. The summed E-state index contributed by atoms with van der Waals surface area (Å²) in [5.74, 6) is 0.725. The van der Waals surface area contributed by atoms with E-state index >= 15 is 0 Å². The molecule has 1 heterocycles. The first kappa shape index (κ1) is 9.44. The summed E-state index contributed by atoms with van der Waals surface area (Å²) < 4.78 is 1.93. The van der Waals surface area contributed by atoms with E-state index < -0.39 is 0 Å². The average molecular weight is 191 g/mol. The van der Waals surface area contributed by atoms with Crippen molar-refractivity contribution >= 4 is 6.21 Å². The molecule has 76 valence electrons. The van der Waals surface area contributed by atoms with E-state index in [1.807, 2.05) is 17.2 Å². The second-order valence-electron chi connectivity index (χ2n) is 3.76. The van der Waals surface area contributed by atoms with Crippen molar-refractivity contribution in [2.24, 2.45) is 5.10 Å². The predicted octanol–water partition coefficient (Wildman–Crippen LogP) is 2.57. The molecule has 3 nitrogen and oxygen atoms in total. The number of aromatic nitrogens is 2. The minimum absolute atomic E-state index is 0.725. The minimum Gasteiger partial charge on any atom is -0.239 e. The Morgan fingerprint density at radius 1 is 1.57 bits per heavy atom. The maximum atomic E-state index is 4.45. The fraction of sp³-hybridized carbons (Fsp3) is 0.636. The number of nitrogens with zero attached hydrogens (tertiary/aromatic N) is 3. The highest BCUT2D eigenvalue weighted by Gasteiger charge is 2.28. The lowest BCUT2D eigenvalue weighted by molar-refractivity contribution is 0.797. The molecule has 2 rings (SSSR count).